The number of unbranched alkanes of at least 4 members (excludes halogenated alkanes) is 1. The van der Waals surface area contributed by atoms with E-state index in [0.717, 1.165) is 12.8 Å². The van der Waals surface area contributed by atoms with Gasteiger partial charge in [-0.25, -0.2) is 14.6 Å². The second-order valence-corrected chi connectivity index (χ2v) is 3.09. The Kier molecular flexibility index (Phi) is 7.97. The highest BCUT2D eigenvalue weighted by Crippen LogP contribution is 2.14. The van der Waals surface area contributed by atoms with Gasteiger partial charge in [-0.2, -0.15) is 0 Å². The molecule has 1 aromatic carbocycles. The predicted octanol–water partition coefficient (Wildman–Crippen LogP) is 1.91. The first-order valence-corrected chi connectivity index (χ1v) is 5.00. The average Bonchev–Trinajstić information content (AvgIpc) is 2.29. The minimum Gasteiger partial charge on any atom is -0.297 e. The van der Waals surface area contributed by atoms with E-state index in [0.29, 0.717) is 12.8 Å². The van der Waals surface area contributed by atoms with E-state index in [1.54, 1.807) is 5.43 Å². The number of hydrazine groups is 1. The third kappa shape index (κ3) is 5.41. The highest BCUT2D eigenvalue weighted by atomic mass is 19.1. The van der Waals surface area contributed by atoms with E-state index in [2.05, 4.69) is 5.84 Å². The predicted molar refractivity (Wildman–Crippen MR) is 58.4 cm³/mol. The minimum absolute atomic E-state index is 0.222. The molecular formula is C11H16F2N2O. The zero-order valence-electron chi connectivity index (χ0n) is 9.17. The molecule has 0 aliphatic rings. The molecule has 3 N–H and O–H groups in total. The van der Waals surface area contributed by atoms with Gasteiger partial charge in [0.2, 0.25) is 6.41 Å². The Hall–Kier alpha value is -1.49. The lowest BCUT2D eigenvalue weighted by atomic mass is 10.1. The van der Waals surface area contributed by atoms with Gasteiger partial charge in [-0.3, -0.25) is 10.2 Å². The molecule has 90 valence electrons. The topological polar surface area (TPSA) is 55.1 Å². The summed E-state index contributed by atoms with van der Waals surface area (Å²) in [7, 11) is 0. The third-order valence-electron chi connectivity index (χ3n) is 1.91. The maximum atomic E-state index is 12.9. The van der Waals surface area contributed by atoms with Gasteiger partial charge in [0.05, 0.1) is 0 Å². The van der Waals surface area contributed by atoms with Crippen molar-refractivity contribution in [3.63, 3.8) is 0 Å². The maximum Gasteiger partial charge on any atom is 0.221 e. The van der Waals surface area contributed by atoms with Crippen molar-refractivity contribution >= 4 is 6.41 Å². The van der Waals surface area contributed by atoms with Crippen LogP contribution in [0.15, 0.2) is 18.2 Å². The minimum atomic E-state index is -0.427. The summed E-state index contributed by atoms with van der Waals surface area (Å²) in [5.74, 6) is 3.56. The fourth-order valence-corrected chi connectivity index (χ4v) is 1.12. The molecule has 0 radical (unpaired) electrons. The molecule has 0 saturated carbocycles. The number of amides is 1. The Morgan fingerprint density at radius 1 is 1.38 bits per heavy atom. The first kappa shape index (κ1) is 14.5. The van der Waals surface area contributed by atoms with Crippen LogP contribution in [0.1, 0.15) is 25.3 Å². The van der Waals surface area contributed by atoms with Crippen molar-refractivity contribution in [3.05, 3.63) is 35.4 Å². The van der Waals surface area contributed by atoms with E-state index in [-0.39, 0.29) is 5.56 Å². The van der Waals surface area contributed by atoms with Crippen molar-refractivity contribution < 1.29 is 13.6 Å². The summed E-state index contributed by atoms with van der Waals surface area (Å²) in [6.45, 7) is 2.00. The number of benzene rings is 1. The molecule has 1 aromatic rings. The van der Waals surface area contributed by atoms with Crippen molar-refractivity contribution in [2.45, 2.75) is 26.2 Å². The maximum absolute atomic E-state index is 12.9. The number of hydrogen-bond donors (Lipinski definition) is 2. The van der Waals surface area contributed by atoms with E-state index < -0.39 is 11.6 Å². The normalized spacial score (nSPS) is 9.00. The molecule has 0 aliphatic carbocycles. The highest BCUT2D eigenvalue weighted by Gasteiger charge is 2.06. The van der Waals surface area contributed by atoms with Gasteiger partial charge in [-0.1, -0.05) is 19.4 Å². The van der Waals surface area contributed by atoms with E-state index >= 15 is 0 Å². The van der Waals surface area contributed by atoms with Crippen LogP contribution in [0.25, 0.3) is 0 Å². The van der Waals surface area contributed by atoms with Crippen LogP contribution in [-0.4, -0.2) is 6.41 Å². The zero-order chi connectivity index (χ0) is 12.4. The molecule has 0 unspecified atom stereocenters. The van der Waals surface area contributed by atoms with Crippen molar-refractivity contribution in [2.75, 3.05) is 0 Å². The molecule has 0 spiro atoms. The Balaban J connectivity index is 0.000000487. The molecule has 0 bridgehead atoms. The lowest BCUT2D eigenvalue weighted by Gasteiger charge is -2.02. The molecular weight excluding hydrogens is 214 g/mol. The number of halogens is 2. The van der Waals surface area contributed by atoms with Crippen LogP contribution in [0.4, 0.5) is 8.78 Å². The number of hydrogen-bond acceptors (Lipinski definition) is 2. The van der Waals surface area contributed by atoms with Crippen LogP contribution in [-0.2, 0) is 11.2 Å². The monoisotopic (exact) mass is 230 g/mol. The Bertz CT molecular complexity index is 299. The first-order chi connectivity index (χ1) is 7.67. The molecule has 1 amide bonds. The molecule has 16 heavy (non-hydrogen) atoms. The fraction of sp³-hybridized carbons (Fsp3) is 0.364. The molecule has 0 aliphatic heterocycles. The summed E-state index contributed by atoms with van der Waals surface area (Å²) >= 11 is 0. The summed E-state index contributed by atoms with van der Waals surface area (Å²) in [4.78, 5) is 8.94. The van der Waals surface area contributed by atoms with Crippen molar-refractivity contribution in [3.8, 4) is 0 Å². The van der Waals surface area contributed by atoms with Crippen LogP contribution in [0.5, 0.6) is 0 Å². The van der Waals surface area contributed by atoms with Gasteiger partial charge in [-0.05, 0) is 25.0 Å². The third-order valence-corrected chi connectivity index (χ3v) is 1.91. The summed E-state index contributed by atoms with van der Waals surface area (Å²) in [6.07, 6.45) is 2.68. The summed E-state index contributed by atoms with van der Waals surface area (Å²) in [5, 5.41) is 0. The summed E-state index contributed by atoms with van der Waals surface area (Å²) in [6, 6.07) is 3.99. The molecule has 0 heterocycles. The number of rotatable bonds is 4. The fourth-order valence-electron chi connectivity index (χ4n) is 1.12. The van der Waals surface area contributed by atoms with Gasteiger partial charge in [-0.15, -0.1) is 0 Å². The van der Waals surface area contributed by atoms with Crippen LogP contribution in [0.2, 0.25) is 0 Å². The Morgan fingerprint density at radius 3 is 2.25 bits per heavy atom. The van der Waals surface area contributed by atoms with Crippen LogP contribution in [0, 0.1) is 11.6 Å². The lowest BCUT2D eigenvalue weighted by molar-refractivity contribution is -0.109. The van der Waals surface area contributed by atoms with Gasteiger partial charge in [0.25, 0.3) is 0 Å². The Morgan fingerprint density at radius 2 is 1.88 bits per heavy atom. The van der Waals surface area contributed by atoms with Crippen molar-refractivity contribution in [2.24, 2.45) is 5.84 Å². The SMILES string of the molecule is CCCCc1c(F)cccc1F.NNC=O. The smallest absolute Gasteiger partial charge is 0.221 e. The van der Waals surface area contributed by atoms with Crippen LogP contribution >= 0.6 is 0 Å². The first-order valence-electron chi connectivity index (χ1n) is 5.00. The van der Waals surface area contributed by atoms with Gasteiger partial charge in [0.15, 0.2) is 0 Å². The second kappa shape index (κ2) is 8.79. The van der Waals surface area contributed by atoms with Gasteiger partial charge in [0.1, 0.15) is 11.6 Å². The van der Waals surface area contributed by atoms with E-state index in [9.17, 15) is 8.78 Å². The Labute approximate surface area is 93.6 Å². The highest BCUT2D eigenvalue weighted by molar-refractivity contribution is 5.44. The van der Waals surface area contributed by atoms with Gasteiger partial charge < -0.3 is 0 Å². The standard InChI is InChI=1S/C10H12F2.CH4N2O/c1-2-3-5-8-9(11)6-4-7-10(8)12;2-3-1-4/h4,6-7H,2-3,5H2,1H3;1H,2H2,(H,3,4). The van der Waals surface area contributed by atoms with Crippen molar-refractivity contribution in [1.29, 1.82) is 0 Å². The van der Waals surface area contributed by atoms with E-state index in [1.165, 1.54) is 18.2 Å². The average molecular weight is 230 g/mol. The molecule has 1 rings (SSSR count). The van der Waals surface area contributed by atoms with Crippen LogP contribution in [0.3, 0.4) is 0 Å². The molecule has 0 fully saturated rings. The van der Waals surface area contributed by atoms with E-state index in [1.807, 2.05) is 6.92 Å². The molecule has 5 heteroatoms. The number of nitrogens with one attached hydrogen (secondary N) is 1. The molecule has 3 nitrogen and oxygen atoms in total. The lowest BCUT2D eigenvalue weighted by Crippen LogP contribution is -2.18. The molecule has 0 saturated heterocycles. The zero-order valence-corrected chi connectivity index (χ0v) is 9.17. The number of nitrogens with two attached hydrogens (primary N) is 1. The van der Waals surface area contributed by atoms with Gasteiger partial charge >= 0.3 is 0 Å². The van der Waals surface area contributed by atoms with Gasteiger partial charge in [0, 0.05) is 5.56 Å². The molecule has 0 aromatic heterocycles. The van der Waals surface area contributed by atoms with Crippen LogP contribution < -0.4 is 11.3 Å². The summed E-state index contributed by atoms with van der Waals surface area (Å²) in [5.41, 5.74) is 1.97. The summed E-state index contributed by atoms with van der Waals surface area (Å²) < 4.78 is 25.9. The number of carbonyl (C=O) groups excluding carboxylic acids is 1. The largest absolute Gasteiger partial charge is 0.297 e. The quantitative estimate of drug-likeness (QED) is 0.359. The number of carbonyl (C=O) groups is 1. The van der Waals surface area contributed by atoms with E-state index in [4.69, 9.17) is 4.79 Å². The molecule has 0 atom stereocenters. The van der Waals surface area contributed by atoms with Crippen molar-refractivity contribution in [1.82, 2.24) is 5.43 Å². The second-order valence-electron chi connectivity index (χ2n) is 3.09.